The van der Waals surface area contributed by atoms with Gasteiger partial charge in [-0.25, -0.2) is 0 Å². The van der Waals surface area contributed by atoms with Crippen LogP contribution >= 0.6 is 0 Å². The van der Waals surface area contributed by atoms with Crippen molar-refractivity contribution in [2.75, 3.05) is 13.2 Å². The van der Waals surface area contributed by atoms with Crippen molar-refractivity contribution in [3.63, 3.8) is 0 Å². The third-order valence-electron chi connectivity index (χ3n) is 3.98. The van der Waals surface area contributed by atoms with E-state index in [-0.39, 0.29) is 0 Å². The van der Waals surface area contributed by atoms with Gasteiger partial charge in [-0.1, -0.05) is 37.3 Å². The summed E-state index contributed by atoms with van der Waals surface area (Å²) in [6, 6.07) is 15.3. The molecular formula is C19H23NO. The van der Waals surface area contributed by atoms with Crippen LogP contribution in [0, 0.1) is 0 Å². The molecular weight excluding hydrogens is 258 g/mol. The van der Waals surface area contributed by atoms with Crippen molar-refractivity contribution >= 4 is 0 Å². The minimum atomic E-state index is 0.851. The topological polar surface area (TPSA) is 21.3 Å². The molecule has 0 saturated heterocycles. The second-order valence-electron chi connectivity index (χ2n) is 5.61. The molecule has 0 aliphatic carbocycles. The Kier molecular flexibility index (Phi) is 4.56. The minimum Gasteiger partial charge on any atom is -0.493 e. The van der Waals surface area contributed by atoms with Crippen LogP contribution in [0.25, 0.3) is 11.1 Å². The Bertz CT molecular complexity index is 606. The smallest absolute Gasteiger partial charge is 0.122 e. The number of nitrogens with one attached hydrogen (secondary N) is 1. The Morgan fingerprint density at radius 2 is 2.05 bits per heavy atom. The molecule has 2 aromatic carbocycles. The Hall–Kier alpha value is -1.80. The van der Waals surface area contributed by atoms with Crippen LogP contribution in [0.1, 0.15) is 30.9 Å². The molecule has 0 bridgehead atoms. The third-order valence-corrected chi connectivity index (χ3v) is 3.98. The summed E-state index contributed by atoms with van der Waals surface area (Å²) in [6.45, 7) is 5.04. The number of fused-ring (bicyclic) bond motifs is 1. The molecule has 0 fully saturated rings. The van der Waals surface area contributed by atoms with E-state index in [2.05, 4.69) is 54.7 Å². The zero-order chi connectivity index (χ0) is 14.5. The average Bonchev–Trinajstić information content (AvgIpc) is 2.55. The number of benzene rings is 2. The highest BCUT2D eigenvalue weighted by molar-refractivity contribution is 5.69. The van der Waals surface area contributed by atoms with E-state index in [9.17, 15) is 0 Å². The highest BCUT2D eigenvalue weighted by Gasteiger charge is 2.12. The lowest BCUT2D eigenvalue weighted by Crippen LogP contribution is -2.14. The van der Waals surface area contributed by atoms with Crippen LogP contribution < -0.4 is 10.1 Å². The Morgan fingerprint density at radius 3 is 2.95 bits per heavy atom. The van der Waals surface area contributed by atoms with E-state index < -0.39 is 0 Å². The van der Waals surface area contributed by atoms with Gasteiger partial charge >= 0.3 is 0 Å². The zero-order valence-electron chi connectivity index (χ0n) is 12.7. The SMILES string of the molecule is CCCNCc1ccccc1-c1ccc2c(c1)CCCO2. The summed E-state index contributed by atoms with van der Waals surface area (Å²) < 4.78 is 5.71. The van der Waals surface area contributed by atoms with Crippen molar-refractivity contribution < 1.29 is 4.74 Å². The minimum absolute atomic E-state index is 0.851. The average molecular weight is 281 g/mol. The molecule has 1 heterocycles. The van der Waals surface area contributed by atoms with Gasteiger partial charge in [-0.3, -0.25) is 0 Å². The molecule has 0 saturated carbocycles. The Morgan fingerprint density at radius 1 is 1.14 bits per heavy atom. The highest BCUT2D eigenvalue weighted by Crippen LogP contribution is 2.31. The van der Waals surface area contributed by atoms with Crippen LogP contribution in [0.2, 0.25) is 0 Å². The Labute approximate surface area is 127 Å². The molecule has 1 N–H and O–H groups in total. The van der Waals surface area contributed by atoms with Gasteiger partial charge in [0.1, 0.15) is 5.75 Å². The first kappa shape index (κ1) is 14.2. The number of rotatable bonds is 5. The quantitative estimate of drug-likeness (QED) is 0.830. The molecule has 0 atom stereocenters. The monoisotopic (exact) mass is 281 g/mol. The number of hydrogen-bond acceptors (Lipinski definition) is 2. The fourth-order valence-corrected chi connectivity index (χ4v) is 2.88. The third kappa shape index (κ3) is 3.27. The highest BCUT2D eigenvalue weighted by atomic mass is 16.5. The van der Waals surface area contributed by atoms with Gasteiger partial charge in [0.15, 0.2) is 0 Å². The van der Waals surface area contributed by atoms with Gasteiger partial charge in [0.25, 0.3) is 0 Å². The fourth-order valence-electron chi connectivity index (χ4n) is 2.88. The van der Waals surface area contributed by atoms with Crippen molar-refractivity contribution in [1.82, 2.24) is 5.32 Å². The molecule has 0 aromatic heterocycles. The standard InChI is InChI=1S/C19H23NO/c1-2-11-20-14-17-6-3-4-8-18(17)15-9-10-19-16(13-15)7-5-12-21-19/h3-4,6,8-10,13,20H,2,5,7,11-12,14H2,1H3. The zero-order valence-corrected chi connectivity index (χ0v) is 12.7. The van der Waals surface area contributed by atoms with Gasteiger partial charge in [-0.2, -0.15) is 0 Å². The molecule has 3 rings (SSSR count). The first-order valence-electron chi connectivity index (χ1n) is 7.93. The van der Waals surface area contributed by atoms with Crippen molar-refractivity contribution in [3.05, 3.63) is 53.6 Å². The van der Waals surface area contributed by atoms with Crippen molar-refractivity contribution in [2.24, 2.45) is 0 Å². The number of ether oxygens (including phenoxy) is 1. The first-order chi connectivity index (χ1) is 10.4. The van der Waals surface area contributed by atoms with Gasteiger partial charge in [0.2, 0.25) is 0 Å². The maximum absolute atomic E-state index is 5.71. The summed E-state index contributed by atoms with van der Waals surface area (Å²) in [5.74, 6) is 1.06. The molecule has 110 valence electrons. The van der Waals surface area contributed by atoms with E-state index >= 15 is 0 Å². The van der Waals surface area contributed by atoms with Crippen LogP contribution in [0.15, 0.2) is 42.5 Å². The lowest BCUT2D eigenvalue weighted by atomic mass is 9.95. The number of aryl methyl sites for hydroxylation is 1. The second-order valence-corrected chi connectivity index (χ2v) is 5.61. The van der Waals surface area contributed by atoms with Crippen LogP contribution in [0.5, 0.6) is 5.75 Å². The molecule has 2 heteroatoms. The molecule has 2 nitrogen and oxygen atoms in total. The summed E-state index contributed by atoms with van der Waals surface area (Å²) in [6.07, 6.45) is 3.41. The van der Waals surface area contributed by atoms with Gasteiger partial charge in [-0.15, -0.1) is 0 Å². The van der Waals surface area contributed by atoms with Crippen LogP contribution in [0.3, 0.4) is 0 Å². The van der Waals surface area contributed by atoms with Crippen LogP contribution in [0.4, 0.5) is 0 Å². The summed E-state index contributed by atoms with van der Waals surface area (Å²) in [5, 5.41) is 3.50. The van der Waals surface area contributed by atoms with Crippen molar-refractivity contribution in [2.45, 2.75) is 32.7 Å². The van der Waals surface area contributed by atoms with Crippen LogP contribution in [-0.4, -0.2) is 13.2 Å². The largest absolute Gasteiger partial charge is 0.493 e. The predicted octanol–water partition coefficient (Wildman–Crippen LogP) is 4.18. The molecule has 2 aromatic rings. The molecule has 0 spiro atoms. The van der Waals surface area contributed by atoms with Gasteiger partial charge in [-0.05, 0) is 60.2 Å². The van der Waals surface area contributed by atoms with Crippen molar-refractivity contribution in [3.8, 4) is 16.9 Å². The molecule has 21 heavy (non-hydrogen) atoms. The maximum atomic E-state index is 5.71. The normalized spacial score (nSPS) is 13.6. The van der Waals surface area contributed by atoms with Crippen LogP contribution in [-0.2, 0) is 13.0 Å². The molecule has 0 radical (unpaired) electrons. The lowest BCUT2D eigenvalue weighted by Gasteiger charge is -2.19. The summed E-state index contributed by atoms with van der Waals surface area (Å²) in [4.78, 5) is 0. The number of hydrogen-bond donors (Lipinski definition) is 1. The van der Waals surface area contributed by atoms with E-state index in [4.69, 9.17) is 4.74 Å². The predicted molar refractivity (Wildman–Crippen MR) is 87.7 cm³/mol. The van der Waals surface area contributed by atoms with Crippen molar-refractivity contribution in [1.29, 1.82) is 0 Å². The van der Waals surface area contributed by atoms with E-state index in [1.807, 2.05) is 0 Å². The van der Waals surface area contributed by atoms with E-state index in [1.54, 1.807) is 0 Å². The second kappa shape index (κ2) is 6.77. The maximum Gasteiger partial charge on any atom is 0.122 e. The molecule has 0 amide bonds. The molecule has 1 aliphatic heterocycles. The summed E-state index contributed by atoms with van der Waals surface area (Å²) in [7, 11) is 0. The first-order valence-corrected chi connectivity index (χ1v) is 7.93. The Balaban J connectivity index is 1.89. The van der Waals surface area contributed by atoms with Gasteiger partial charge in [0.05, 0.1) is 6.61 Å². The van der Waals surface area contributed by atoms with E-state index in [0.29, 0.717) is 0 Å². The van der Waals surface area contributed by atoms with E-state index in [0.717, 1.165) is 38.3 Å². The molecule has 1 aliphatic rings. The lowest BCUT2D eigenvalue weighted by molar-refractivity contribution is 0.288. The summed E-state index contributed by atoms with van der Waals surface area (Å²) in [5.41, 5.74) is 5.33. The summed E-state index contributed by atoms with van der Waals surface area (Å²) >= 11 is 0. The van der Waals surface area contributed by atoms with E-state index in [1.165, 1.54) is 28.7 Å². The van der Waals surface area contributed by atoms with Gasteiger partial charge < -0.3 is 10.1 Å². The molecule has 0 unspecified atom stereocenters. The van der Waals surface area contributed by atoms with Gasteiger partial charge in [0, 0.05) is 6.54 Å². The fraction of sp³-hybridized carbons (Fsp3) is 0.368.